The van der Waals surface area contributed by atoms with Crippen molar-refractivity contribution in [2.75, 3.05) is 24.7 Å². The van der Waals surface area contributed by atoms with Gasteiger partial charge in [-0.1, -0.05) is 11.6 Å². The molecule has 24 heavy (non-hydrogen) atoms. The van der Waals surface area contributed by atoms with Gasteiger partial charge in [-0.25, -0.2) is 0 Å². The molecule has 7 heteroatoms. The van der Waals surface area contributed by atoms with Crippen LogP contribution in [0.1, 0.15) is 16.0 Å². The number of fused-ring (bicyclic) bond motifs is 1. The van der Waals surface area contributed by atoms with Gasteiger partial charge < -0.3 is 10.2 Å². The molecule has 0 atom stereocenters. The molecule has 0 unspecified atom stereocenters. The van der Waals surface area contributed by atoms with Crippen LogP contribution in [0.4, 0.5) is 5.00 Å². The number of halogens is 1. The number of likely N-dealkylation sites (N-methyl/N-ethyl adjacent to an activating group) is 1. The highest BCUT2D eigenvalue weighted by atomic mass is 35.5. The van der Waals surface area contributed by atoms with Crippen LogP contribution in [-0.4, -0.2) is 30.2 Å². The molecule has 0 spiro atoms. The Morgan fingerprint density at radius 2 is 2.21 bits per heavy atom. The number of thioether (sulfide) groups is 1. The quantitative estimate of drug-likeness (QED) is 0.818. The molecule has 1 aromatic carbocycles. The Balaban J connectivity index is 1.66. The highest BCUT2D eigenvalue weighted by molar-refractivity contribution is 8.00. The van der Waals surface area contributed by atoms with Crippen molar-refractivity contribution >= 4 is 45.6 Å². The molecule has 124 valence electrons. The summed E-state index contributed by atoms with van der Waals surface area (Å²) in [6, 6.07) is 9.65. The maximum atomic E-state index is 12.2. The summed E-state index contributed by atoms with van der Waals surface area (Å²) < 4.78 is 0. The van der Waals surface area contributed by atoms with Gasteiger partial charge in [0, 0.05) is 27.9 Å². The number of carbonyl (C=O) groups is 1. The Labute approximate surface area is 154 Å². The van der Waals surface area contributed by atoms with E-state index in [1.807, 2.05) is 12.1 Å². The fourth-order valence-corrected chi connectivity index (χ4v) is 4.70. The number of amides is 1. The Kier molecular flexibility index (Phi) is 5.47. The fourth-order valence-electron chi connectivity index (χ4n) is 2.58. The van der Waals surface area contributed by atoms with Crippen LogP contribution in [0.15, 0.2) is 29.2 Å². The van der Waals surface area contributed by atoms with Gasteiger partial charge >= 0.3 is 0 Å². The van der Waals surface area contributed by atoms with Crippen LogP contribution in [-0.2, 0) is 17.8 Å². The van der Waals surface area contributed by atoms with Crippen molar-refractivity contribution in [2.24, 2.45) is 0 Å². The number of nitrogens with zero attached hydrogens (tertiary/aromatic N) is 2. The van der Waals surface area contributed by atoms with Gasteiger partial charge in [-0.05, 0) is 43.3 Å². The van der Waals surface area contributed by atoms with Gasteiger partial charge in [-0.3, -0.25) is 4.79 Å². The van der Waals surface area contributed by atoms with Gasteiger partial charge in [0.05, 0.1) is 11.3 Å². The summed E-state index contributed by atoms with van der Waals surface area (Å²) >= 11 is 8.82. The number of nitriles is 1. The number of rotatable bonds is 4. The first kappa shape index (κ1) is 17.3. The van der Waals surface area contributed by atoms with Gasteiger partial charge in [-0.15, -0.1) is 23.1 Å². The molecule has 0 saturated heterocycles. The number of anilines is 1. The summed E-state index contributed by atoms with van der Waals surface area (Å²) in [6.45, 7) is 1.78. The van der Waals surface area contributed by atoms with Crippen molar-refractivity contribution < 1.29 is 4.79 Å². The molecule has 2 aromatic rings. The van der Waals surface area contributed by atoms with E-state index in [0.717, 1.165) is 30.0 Å². The number of benzene rings is 1. The van der Waals surface area contributed by atoms with E-state index >= 15 is 0 Å². The Morgan fingerprint density at radius 3 is 2.92 bits per heavy atom. The predicted octanol–water partition coefficient (Wildman–Crippen LogP) is 3.99. The third kappa shape index (κ3) is 3.93. The normalized spacial score (nSPS) is 14.0. The van der Waals surface area contributed by atoms with Gasteiger partial charge in [0.15, 0.2) is 0 Å². The SMILES string of the molecule is CN1CCc2c(sc(NC(=O)CSc3ccc(Cl)cc3)c2C#N)C1. The molecule has 2 heterocycles. The lowest BCUT2D eigenvalue weighted by molar-refractivity contribution is -0.113. The number of thiophene rings is 1. The molecule has 1 amide bonds. The van der Waals surface area contributed by atoms with Gasteiger partial charge in [-0.2, -0.15) is 5.26 Å². The molecule has 0 fully saturated rings. The van der Waals surface area contributed by atoms with Crippen LogP contribution in [0, 0.1) is 11.3 Å². The summed E-state index contributed by atoms with van der Waals surface area (Å²) in [5.74, 6) is 0.202. The molecule has 0 radical (unpaired) electrons. The van der Waals surface area contributed by atoms with Crippen LogP contribution in [0.3, 0.4) is 0 Å². The van der Waals surface area contributed by atoms with Crippen molar-refractivity contribution in [3.63, 3.8) is 0 Å². The molecule has 1 aromatic heterocycles. The second kappa shape index (κ2) is 7.58. The van der Waals surface area contributed by atoms with E-state index in [4.69, 9.17) is 11.6 Å². The smallest absolute Gasteiger partial charge is 0.235 e. The van der Waals surface area contributed by atoms with Crippen molar-refractivity contribution in [3.8, 4) is 6.07 Å². The molecule has 1 aliphatic heterocycles. The summed E-state index contributed by atoms with van der Waals surface area (Å²) in [4.78, 5) is 16.6. The minimum Gasteiger partial charge on any atom is -0.316 e. The van der Waals surface area contributed by atoms with E-state index in [0.29, 0.717) is 21.3 Å². The van der Waals surface area contributed by atoms with Crippen LogP contribution in [0.2, 0.25) is 5.02 Å². The van der Waals surface area contributed by atoms with E-state index in [9.17, 15) is 10.1 Å². The lowest BCUT2D eigenvalue weighted by atomic mass is 10.0. The van der Waals surface area contributed by atoms with Crippen molar-refractivity contribution in [3.05, 3.63) is 45.3 Å². The van der Waals surface area contributed by atoms with E-state index in [1.54, 1.807) is 12.1 Å². The minimum atomic E-state index is -0.0987. The topological polar surface area (TPSA) is 56.1 Å². The second-order valence-corrected chi connectivity index (χ2v) is 8.19. The molecule has 4 nitrogen and oxygen atoms in total. The zero-order valence-corrected chi connectivity index (χ0v) is 15.5. The number of hydrogen-bond donors (Lipinski definition) is 1. The van der Waals surface area contributed by atoms with Crippen LogP contribution in [0.5, 0.6) is 0 Å². The molecule has 1 aliphatic rings. The monoisotopic (exact) mass is 377 g/mol. The van der Waals surface area contributed by atoms with E-state index in [2.05, 4.69) is 23.3 Å². The van der Waals surface area contributed by atoms with E-state index in [-0.39, 0.29) is 5.91 Å². The van der Waals surface area contributed by atoms with Gasteiger partial charge in [0.1, 0.15) is 11.1 Å². The minimum absolute atomic E-state index is 0.0987. The van der Waals surface area contributed by atoms with Crippen molar-refractivity contribution in [2.45, 2.75) is 17.9 Å². The lowest BCUT2D eigenvalue weighted by Crippen LogP contribution is -2.25. The summed E-state index contributed by atoms with van der Waals surface area (Å²) in [7, 11) is 2.07. The van der Waals surface area contributed by atoms with Gasteiger partial charge in [0.25, 0.3) is 0 Å². The number of nitrogens with one attached hydrogen (secondary N) is 1. The summed E-state index contributed by atoms with van der Waals surface area (Å²) in [5, 5.41) is 13.7. The van der Waals surface area contributed by atoms with Crippen LogP contribution < -0.4 is 5.32 Å². The Bertz CT molecular complexity index is 795. The lowest BCUT2D eigenvalue weighted by Gasteiger charge is -2.21. The van der Waals surface area contributed by atoms with Crippen molar-refractivity contribution in [1.29, 1.82) is 5.26 Å². The van der Waals surface area contributed by atoms with Crippen molar-refractivity contribution in [1.82, 2.24) is 4.90 Å². The molecule has 0 saturated carbocycles. The maximum absolute atomic E-state index is 12.2. The number of hydrogen-bond acceptors (Lipinski definition) is 5. The van der Waals surface area contributed by atoms with Crippen LogP contribution >= 0.6 is 34.7 Å². The third-order valence-corrected chi connectivity index (χ3v) is 6.19. The molecule has 1 N–H and O–H groups in total. The first-order valence-electron chi connectivity index (χ1n) is 7.48. The average molecular weight is 378 g/mol. The molecule has 0 bridgehead atoms. The predicted molar refractivity (Wildman–Crippen MR) is 99.9 cm³/mol. The Morgan fingerprint density at radius 1 is 1.46 bits per heavy atom. The molecule has 3 rings (SSSR count). The summed E-state index contributed by atoms with van der Waals surface area (Å²) in [6.07, 6.45) is 0.862. The molecule has 0 aliphatic carbocycles. The summed E-state index contributed by atoms with van der Waals surface area (Å²) in [5.41, 5.74) is 1.73. The first-order chi connectivity index (χ1) is 11.6. The third-order valence-electron chi connectivity index (χ3n) is 3.80. The van der Waals surface area contributed by atoms with Gasteiger partial charge in [0.2, 0.25) is 5.91 Å². The highest BCUT2D eigenvalue weighted by Crippen LogP contribution is 2.36. The maximum Gasteiger partial charge on any atom is 0.235 e. The molecular weight excluding hydrogens is 362 g/mol. The highest BCUT2D eigenvalue weighted by Gasteiger charge is 2.23. The zero-order chi connectivity index (χ0) is 17.1. The fraction of sp³-hybridized carbons (Fsp3) is 0.294. The second-order valence-electron chi connectivity index (χ2n) is 5.60. The van der Waals surface area contributed by atoms with E-state index < -0.39 is 0 Å². The zero-order valence-electron chi connectivity index (χ0n) is 13.1. The largest absolute Gasteiger partial charge is 0.316 e. The van der Waals surface area contributed by atoms with Crippen LogP contribution in [0.25, 0.3) is 0 Å². The van der Waals surface area contributed by atoms with E-state index in [1.165, 1.54) is 28.0 Å². The standard InChI is InChI=1S/C17H16ClN3OS2/c1-21-7-6-13-14(8-19)17(24-15(13)9-21)20-16(22)10-23-12-4-2-11(18)3-5-12/h2-5H,6-7,9-10H2,1H3,(H,20,22). The molecular formula is C17H16ClN3OS2. The Hall–Kier alpha value is -1.52. The first-order valence-corrected chi connectivity index (χ1v) is 9.66. The number of carbonyl (C=O) groups excluding carboxylic acids is 1. The average Bonchev–Trinajstić information content (AvgIpc) is 2.90.